The minimum Gasteiger partial charge on any atom is -0.369 e. The van der Waals surface area contributed by atoms with Gasteiger partial charge in [0, 0.05) is 29.7 Å². The molecule has 0 rings (SSSR count). The number of halogens is 1. The van der Waals surface area contributed by atoms with Crippen molar-refractivity contribution in [3.63, 3.8) is 0 Å². The van der Waals surface area contributed by atoms with Crippen LogP contribution in [0.4, 0.5) is 0 Å². The Hall–Kier alpha value is 0.250. The lowest BCUT2D eigenvalue weighted by Crippen LogP contribution is -1.98. The topological polar surface area (TPSA) is 9.23 Å². The minimum atomic E-state index is 0.0805. The van der Waals surface area contributed by atoms with Crippen LogP contribution in [0.25, 0.3) is 0 Å². The maximum absolute atomic E-state index is 4.81. The van der Waals surface area contributed by atoms with E-state index >= 15 is 0 Å². The predicted octanol–water partition coefficient (Wildman–Crippen LogP) is 1.42. The maximum atomic E-state index is 4.81. The molecule has 0 spiro atoms. The lowest BCUT2D eigenvalue weighted by molar-refractivity contribution is 0.164. The Kier molecular flexibility index (Phi) is 4.57. The Labute approximate surface area is 57.6 Å². The number of rotatable bonds is 1. The third kappa shape index (κ3) is 4.10. The van der Waals surface area contributed by atoms with Crippen LogP contribution >= 0.6 is 22.6 Å². The Morgan fingerprint density at radius 1 is 1.71 bits per heavy atom. The second kappa shape index (κ2) is 4.41. The van der Waals surface area contributed by atoms with Gasteiger partial charge >= 0.3 is 0 Å². The maximum Gasteiger partial charge on any atom is 0.115 e. The molecule has 0 amide bonds. The third-order valence-electron chi connectivity index (χ3n) is 0.611. The Morgan fingerprint density at radius 3 is 2.43 bits per heavy atom. The van der Waals surface area contributed by atoms with Gasteiger partial charge in [0.1, 0.15) is 6.10 Å². The zero-order valence-electron chi connectivity index (χ0n) is 4.36. The summed E-state index contributed by atoms with van der Waals surface area (Å²) in [6.45, 7) is 1.91. The van der Waals surface area contributed by atoms with Crippen LogP contribution in [0.15, 0.2) is 0 Å². The zero-order chi connectivity index (χ0) is 5.70. The van der Waals surface area contributed by atoms with Gasteiger partial charge in [0.15, 0.2) is 0 Å². The summed E-state index contributed by atoms with van der Waals surface area (Å²) in [5.41, 5.74) is 0. The monoisotopic (exact) mass is 210 g/mol. The van der Waals surface area contributed by atoms with Crippen molar-refractivity contribution in [1.29, 1.82) is 0 Å². The van der Waals surface area contributed by atoms with E-state index < -0.39 is 0 Å². The van der Waals surface area contributed by atoms with Crippen LogP contribution in [-0.2, 0) is 4.74 Å². The largest absolute Gasteiger partial charge is 0.369 e. The smallest absolute Gasteiger partial charge is 0.115 e. The van der Waals surface area contributed by atoms with Gasteiger partial charge in [-0.1, -0.05) is 5.92 Å². The van der Waals surface area contributed by atoms with Gasteiger partial charge in [0.05, 0.1) is 0 Å². The molecule has 1 atom stereocenters. The summed E-state index contributed by atoms with van der Waals surface area (Å²) in [5.74, 6) is 2.81. The number of hydrogen-bond donors (Lipinski definition) is 0. The van der Waals surface area contributed by atoms with Gasteiger partial charge in [-0.05, 0) is 10.9 Å². The van der Waals surface area contributed by atoms with Gasteiger partial charge in [-0.3, -0.25) is 0 Å². The molecule has 0 saturated carbocycles. The van der Waals surface area contributed by atoms with Crippen molar-refractivity contribution in [1.82, 2.24) is 0 Å². The molecule has 2 heteroatoms. The molecular weight excluding hydrogens is 203 g/mol. The second-order valence-electron chi connectivity index (χ2n) is 1.12. The summed E-state index contributed by atoms with van der Waals surface area (Å²) in [6.07, 6.45) is 0.0805. The van der Waals surface area contributed by atoms with Crippen LogP contribution < -0.4 is 0 Å². The van der Waals surface area contributed by atoms with E-state index in [1.165, 1.54) is 0 Å². The molecule has 0 N–H and O–H groups in total. The molecule has 0 aromatic heterocycles. The summed E-state index contributed by atoms with van der Waals surface area (Å²) in [5, 5.41) is 0. The summed E-state index contributed by atoms with van der Waals surface area (Å²) in [7, 11) is 1.64. The van der Waals surface area contributed by atoms with Gasteiger partial charge < -0.3 is 4.74 Å². The molecule has 1 unspecified atom stereocenters. The van der Waals surface area contributed by atoms with Crippen molar-refractivity contribution in [3.8, 4) is 9.85 Å². The van der Waals surface area contributed by atoms with Crippen LogP contribution in [0.5, 0.6) is 0 Å². The summed E-state index contributed by atoms with van der Waals surface area (Å²) < 4.78 is 7.53. The van der Waals surface area contributed by atoms with Crippen molar-refractivity contribution in [2.45, 2.75) is 13.0 Å². The second-order valence-corrected chi connectivity index (χ2v) is 1.66. The Bertz CT molecular complexity index is 90.0. The van der Waals surface area contributed by atoms with Crippen LogP contribution in [-0.4, -0.2) is 13.2 Å². The van der Waals surface area contributed by atoms with Crippen molar-refractivity contribution >= 4 is 22.6 Å². The SMILES string of the molecule is COC(C)C#CI. The summed E-state index contributed by atoms with van der Waals surface area (Å²) >= 11 is 1.98. The minimum absolute atomic E-state index is 0.0805. The van der Waals surface area contributed by atoms with Gasteiger partial charge in [-0.2, -0.15) is 0 Å². The highest BCUT2D eigenvalue weighted by Crippen LogP contribution is 1.83. The van der Waals surface area contributed by atoms with Gasteiger partial charge in [-0.15, -0.1) is 0 Å². The van der Waals surface area contributed by atoms with E-state index in [-0.39, 0.29) is 6.10 Å². The van der Waals surface area contributed by atoms with Gasteiger partial charge in [-0.25, -0.2) is 0 Å². The molecule has 0 aliphatic rings. The Balaban J connectivity index is 3.29. The molecule has 0 radical (unpaired) electrons. The lowest BCUT2D eigenvalue weighted by Gasteiger charge is -1.94. The summed E-state index contributed by atoms with van der Waals surface area (Å²) in [4.78, 5) is 0. The first-order chi connectivity index (χ1) is 3.31. The van der Waals surface area contributed by atoms with Crippen molar-refractivity contribution in [2.24, 2.45) is 0 Å². The molecule has 40 valence electrons. The molecule has 0 bridgehead atoms. The highest BCUT2D eigenvalue weighted by molar-refractivity contribution is 14.1. The fourth-order valence-corrected chi connectivity index (χ4v) is 0.574. The van der Waals surface area contributed by atoms with Crippen LogP contribution in [0, 0.1) is 9.85 Å². The Morgan fingerprint density at radius 2 is 2.29 bits per heavy atom. The average Bonchev–Trinajstić information content (AvgIpc) is 1.68. The normalized spacial score (nSPS) is 11.9. The van der Waals surface area contributed by atoms with E-state index in [1.807, 2.05) is 29.5 Å². The molecule has 0 fully saturated rings. The van der Waals surface area contributed by atoms with Gasteiger partial charge in [0.2, 0.25) is 0 Å². The molecule has 0 aromatic rings. The van der Waals surface area contributed by atoms with Crippen molar-refractivity contribution < 1.29 is 4.74 Å². The van der Waals surface area contributed by atoms with E-state index in [9.17, 15) is 0 Å². The third-order valence-corrected chi connectivity index (χ3v) is 0.923. The van der Waals surface area contributed by atoms with E-state index in [1.54, 1.807) is 7.11 Å². The molecule has 0 aliphatic heterocycles. The van der Waals surface area contributed by atoms with Crippen molar-refractivity contribution in [3.05, 3.63) is 0 Å². The first-order valence-electron chi connectivity index (χ1n) is 1.95. The molecule has 0 saturated heterocycles. The fraction of sp³-hybridized carbons (Fsp3) is 0.600. The standard InChI is InChI=1S/C5H7IO/c1-5(7-2)3-4-6/h5H,1-2H3. The molecule has 0 aliphatic carbocycles. The first-order valence-corrected chi connectivity index (χ1v) is 3.03. The van der Waals surface area contributed by atoms with E-state index in [0.29, 0.717) is 0 Å². The first kappa shape index (κ1) is 7.25. The quantitative estimate of drug-likeness (QED) is 0.469. The molecule has 1 nitrogen and oxygen atoms in total. The van der Waals surface area contributed by atoms with E-state index in [4.69, 9.17) is 4.74 Å². The summed E-state index contributed by atoms with van der Waals surface area (Å²) in [6, 6.07) is 0. The number of methoxy groups -OCH3 is 1. The zero-order valence-corrected chi connectivity index (χ0v) is 6.52. The average molecular weight is 210 g/mol. The van der Waals surface area contributed by atoms with Crippen LogP contribution in [0.3, 0.4) is 0 Å². The highest BCUT2D eigenvalue weighted by atomic mass is 127. The van der Waals surface area contributed by atoms with Crippen molar-refractivity contribution in [2.75, 3.05) is 7.11 Å². The van der Waals surface area contributed by atoms with Gasteiger partial charge in [0.25, 0.3) is 0 Å². The predicted molar refractivity (Wildman–Crippen MR) is 38.3 cm³/mol. The highest BCUT2D eigenvalue weighted by Gasteiger charge is 1.85. The number of ether oxygens (including phenoxy) is 1. The number of hydrogen-bond acceptors (Lipinski definition) is 1. The van der Waals surface area contributed by atoms with E-state index in [2.05, 4.69) is 9.85 Å². The molecular formula is C5H7IO. The lowest BCUT2D eigenvalue weighted by atomic mass is 10.4. The molecule has 0 heterocycles. The molecule has 7 heavy (non-hydrogen) atoms. The fourth-order valence-electron chi connectivity index (χ4n) is 0.136. The molecule has 0 aromatic carbocycles. The van der Waals surface area contributed by atoms with Crippen LogP contribution in [0.1, 0.15) is 6.92 Å². The van der Waals surface area contributed by atoms with E-state index in [0.717, 1.165) is 0 Å². The van der Waals surface area contributed by atoms with Crippen LogP contribution in [0.2, 0.25) is 0 Å².